The number of nitrogens with one attached hydrogen (secondary N) is 1. The highest BCUT2D eigenvalue weighted by Crippen LogP contribution is 2.32. The van der Waals surface area contributed by atoms with Gasteiger partial charge in [-0.25, -0.2) is 9.78 Å². The van der Waals surface area contributed by atoms with Crippen LogP contribution in [-0.2, 0) is 4.74 Å². The van der Waals surface area contributed by atoms with E-state index in [1.807, 2.05) is 19.9 Å². The molecule has 2 aromatic rings. The minimum Gasteiger partial charge on any atom is -0.462 e. The fraction of sp³-hybridized carbons (Fsp3) is 0.529. The van der Waals surface area contributed by atoms with E-state index in [-0.39, 0.29) is 11.9 Å². The summed E-state index contributed by atoms with van der Waals surface area (Å²) in [6.45, 7) is 9.14. The van der Waals surface area contributed by atoms with E-state index in [4.69, 9.17) is 9.15 Å². The number of ether oxygens (including phenoxy) is 1. The zero-order chi connectivity index (χ0) is 16.1. The Balaban J connectivity index is 2.44. The molecule has 120 valence electrons. The maximum Gasteiger partial charge on any atom is 0.342 e. The number of aromatic nitrogens is 1. The Morgan fingerprint density at radius 3 is 2.82 bits per heavy atom. The summed E-state index contributed by atoms with van der Waals surface area (Å²) < 4.78 is 10.9. The van der Waals surface area contributed by atoms with Gasteiger partial charge in [0.05, 0.1) is 23.9 Å². The minimum atomic E-state index is -0.350. The van der Waals surface area contributed by atoms with Crippen molar-refractivity contribution in [1.29, 1.82) is 0 Å². The molecule has 0 unspecified atom stereocenters. The monoisotopic (exact) mass is 304 g/mol. The summed E-state index contributed by atoms with van der Waals surface area (Å²) in [6, 6.07) is 1.92. The van der Waals surface area contributed by atoms with Crippen molar-refractivity contribution in [3.05, 3.63) is 23.6 Å². The highest BCUT2D eigenvalue weighted by molar-refractivity contribution is 6.04. The summed E-state index contributed by atoms with van der Waals surface area (Å²) in [7, 11) is 0. The molecule has 22 heavy (non-hydrogen) atoms. The first kappa shape index (κ1) is 16.3. The molecule has 0 amide bonds. The van der Waals surface area contributed by atoms with Gasteiger partial charge in [-0.2, -0.15) is 0 Å². The molecule has 2 heterocycles. The Morgan fingerprint density at radius 2 is 2.18 bits per heavy atom. The first-order valence-corrected chi connectivity index (χ1v) is 7.91. The van der Waals surface area contributed by atoms with Gasteiger partial charge in [0.15, 0.2) is 0 Å². The van der Waals surface area contributed by atoms with Crippen LogP contribution in [0.3, 0.4) is 0 Å². The second kappa shape index (κ2) is 7.29. The molecule has 5 nitrogen and oxygen atoms in total. The zero-order valence-corrected chi connectivity index (χ0v) is 13.7. The van der Waals surface area contributed by atoms with E-state index in [9.17, 15) is 4.79 Å². The smallest absolute Gasteiger partial charge is 0.342 e. The van der Waals surface area contributed by atoms with Crippen LogP contribution in [0.5, 0.6) is 0 Å². The minimum absolute atomic E-state index is 0.0881. The normalized spacial score (nSPS) is 11.1. The molecule has 0 fully saturated rings. The Hall–Kier alpha value is -2.04. The van der Waals surface area contributed by atoms with Gasteiger partial charge in [-0.15, -0.1) is 0 Å². The van der Waals surface area contributed by atoms with Gasteiger partial charge in [0.1, 0.15) is 11.3 Å². The number of fused-ring (bicyclic) bond motifs is 1. The maximum absolute atomic E-state index is 12.3. The first-order chi connectivity index (χ1) is 10.6. The van der Waals surface area contributed by atoms with Crippen molar-refractivity contribution in [1.82, 2.24) is 4.98 Å². The van der Waals surface area contributed by atoms with Crippen molar-refractivity contribution in [2.45, 2.75) is 46.5 Å². The van der Waals surface area contributed by atoms with Gasteiger partial charge in [0, 0.05) is 12.5 Å². The number of nitrogens with zero attached hydrogens (tertiary/aromatic N) is 1. The van der Waals surface area contributed by atoms with Crippen LogP contribution in [0.1, 0.15) is 62.6 Å². The van der Waals surface area contributed by atoms with Crippen LogP contribution in [0.2, 0.25) is 0 Å². The van der Waals surface area contributed by atoms with Crippen LogP contribution in [0.4, 0.5) is 5.69 Å². The van der Waals surface area contributed by atoms with Crippen molar-refractivity contribution in [2.75, 3.05) is 18.5 Å². The van der Waals surface area contributed by atoms with E-state index >= 15 is 0 Å². The van der Waals surface area contributed by atoms with Gasteiger partial charge in [-0.1, -0.05) is 27.2 Å². The Labute approximate surface area is 131 Å². The lowest BCUT2D eigenvalue weighted by atomic mass is 10.0. The molecular formula is C17H24N2O3. The number of carbonyl (C=O) groups excluding carboxylic acids is 1. The topological polar surface area (TPSA) is 64.4 Å². The summed E-state index contributed by atoms with van der Waals surface area (Å²) in [4.78, 5) is 16.6. The van der Waals surface area contributed by atoms with E-state index in [1.54, 1.807) is 13.1 Å². The lowest BCUT2D eigenvalue weighted by Gasteiger charge is -2.06. The van der Waals surface area contributed by atoms with Gasteiger partial charge in [-0.05, 0) is 19.4 Å². The number of furan rings is 1. The summed E-state index contributed by atoms with van der Waals surface area (Å²) in [5.41, 5.74) is 1.87. The van der Waals surface area contributed by atoms with Crippen LogP contribution >= 0.6 is 0 Å². The predicted molar refractivity (Wildman–Crippen MR) is 87.5 cm³/mol. The number of rotatable bonds is 7. The molecule has 2 rings (SSSR count). The standard InChI is InChI=1S/C17H24N2O3/c1-5-7-8-18-12-9-13-14(17(20)21-6-2)15(11(3)4)22-16(13)19-10-12/h9-11,18H,5-8H2,1-4H3. The molecule has 0 aliphatic carbocycles. The van der Waals surface area contributed by atoms with Crippen molar-refractivity contribution >= 4 is 22.8 Å². The summed E-state index contributed by atoms with van der Waals surface area (Å²) in [5, 5.41) is 4.03. The Kier molecular flexibility index (Phi) is 5.41. The molecule has 0 bridgehead atoms. The molecule has 0 radical (unpaired) electrons. The van der Waals surface area contributed by atoms with Gasteiger partial charge in [-0.3, -0.25) is 0 Å². The van der Waals surface area contributed by atoms with Crippen LogP contribution in [-0.4, -0.2) is 24.1 Å². The van der Waals surface area contributed by atoms with E-state index in [2.05, 4.69) is 17.2 Å². The number of esters is 1. The number of hydrogen-bond donors (Lipinski definition) is 1. The average Bonchev–Trinajstić information content (AvgIpc) is 2.87. The third-order valence-corrected chi connectivity index (χ3v) is 3.44. The quantitative estimate of drug-likeness (QED) is 0.609. The van der Waals surface area contributed by atoms with E-state index < -0.39 is 0 Å². The van der Waals surface area contributed by atoms with E-state index in [0.717, 1.165) is 25.1 Å². The highest BCUT2D eigenvalue weighted by atomic mass is 16.5. The van der Waals surface area contributed by atoms with Crippen LogP contribution < -0.4 is 5.32 Å². The molecule has 0 saturated carbocycles. The van der Waals surface area contributed by atoms with Gasteiger partial charge in [0.2, 0.25) is 5.71 Å². The molecule has 1 N–H and O–H groups in total. The third-order valence-electron chi connectivity index (χ3n) is 3.44. The molecule has 0 spiro atoms. The molecule has 0 aliphatic heterocycles. The average molecular weight is 304 g/mol. The molecule has 0 aliphatic rings. The number of unbranched alkanes of at least 4 members (excludes halogenated alkanes) is 1. The molecule has 5 heteroatoms. The second-order valence-electron chi connectivity index (χ2n) is 5.57. The van der Waals surface area contributed by atoms with Gasteiger partial charge < -0.3 is 14.5 Å². The lowest BCUT2D eigenvalue weighted by molar-refractivity contribution is 0.0525. The largest absolute Gasteiger partial charge is 0.462 e. The van der Waals surface area contributed by atoms with Gasteiger partial charge in [0.25, 0.3) is 0 Å². The van der Waals surface area contributed by atoms with Crippen LogP contribution in [0.25, 0.3) is 11.1 Å². The predicted octanol–water partition coefficient (Wildman–Crippen LogP) is 4.34. The molecule has 0 saturated heterocycles. The summed E-state index contributed by atoms with van der Waals surface area (Å²) >= 11 is 0. The fourth-order valence-electron chi connectivity index (χ4n) is 2.33. The molecule has 2 aromatic heterocycles. The highest BCUT2D eigenvalue weighted by Gasteiger charge is 2.24. The Bertz CT molecular complexity index is 647. The fourth-order valence-corrected chi connectivity index (χ4v) is 2.33. The first-order valence-electron chi connectivity index (χ1n) is 7.91. The SMILES string of the molecule is CCCCNc1cnc2oc(C(C)C)c(C(=O)OCC)c2c1. The second-order valence-corrected chi connectivity index (χ2v) is 5.57. The van der Waals surface area contributed by atoms with E-state index in [1.165, 1.54) is 0 Å². The van der Waals surface area contributed by atoms with Gasteiger partial charge >= 0.3 is 5.97 Å². The summed E-state index contributed by atoms with van der Waals surface area (Å²) in [5.74, 6) is 0.370. The number of carbonyl (C=O) groups is 1. The summed E-state index contributed by atoms with van der Waals surface area (Å²) in [6.07, 6.45) is 3.95. The van der Waals surface area contributed by atoms with E-state index in [0.29, 0.717) is 29.0 Å². The molecule has 0 aromatic carbocycles. The van der Waals surface area contributed by atoms with Crippen molar-refractivity contribution in [3.8, 4) is 0 Å². The van der Waals surface area contributed by atoms with Crippen LogP contribution in [0.15, 0.2) is 16.7 Å². The Morgan fingerprint density at radius 1 is 1.41 bits per heavy atom. The third kappa shape index (κ3) is 3.40. The van der Waals surface area contributed by atoms with Crippen LogP contribution in [0, 0.1) is 0 Å². The number of pyridine rings is 1. The van der Waals surface area contributed by atoms with Crippen molar-refractivity contribution < 1.29 is 13.9 Å². The maximum atomic E-state index is 12.3. The molecular weight excluding hydrogens is 280 g/mol. The zero-order valence-electron chi connectivity index (χ0n) is 13.7. The lowest BCUT2D eigenvalue weighted by Crippen LogP contribution is -2.07. The molecule has 0 atom stereocenters. The van der Waals surface area contributed by atoms with Crippen molar-refractivity contribution in [3.63, 3.8) is 0 Å². The number of hydrogen-bond acceptors (Lipinski definition) is 5. The van der Waals surface area contributed by atoms with Crippen molar-refractivity contribution in [2.24, 2.45) is 0 Å². The number of anilines is 1.